The molecule has 0 atom stereocenters. The summed E-state index contributed by atoms with van der Waals surface area (Å²) in [6, 6.07) is 15.0. The molecule has 2 aromatic rings. The van der Waals surface area contributed by atoms with Gasteiger partial charge < -0.3 is 10.1 Å². The predicted octanol–water partition coefficient (Wildman–Crippen LogP) is 3.52. The average molecular weight is 255 g/mol. The second kappa shape index (κ2) is 7.72. The minimum Gasteiger partial charge on any atom is -0.380 e. The number of rotatable bonds is 8. The smallest absolute Gasteiger partial charge is 0.0591 e. The standard InChI is InChI=1S/C17H21NO/c1-2-3-11-19-12-10-18-14-15-8-9-16-6-4-5-7-17(16)13-15/h2,4-9,13,18H,1,3,10-12,14H2. The highest BCUT2D eigenvalue weighted by atomic mass is 16.5. The molecule has 100 valence electrons. The Kier molecular flexibility index (Phi) is 5.60. The summed E-state index contributed by atoms with van der Waals surface area (Å²) in [5.74, 6) is 0. The van der Waals surface area contributed by atoms with E-state index in [0.717, 1.165) is 32.7 Å². The fraction of sp³-hybridized carbons (Fsp3) is 0.294. The molecule has 0 spiro atoms. The molecule has 2 aromatic carbocycles. The molecule has 0 saturated heterocycles. The number of nitrogens with one attached hydrogen (secondary N) is 1. The molecule has 0 aliphatic heterocycles. The monoisotopic (exact) mass is 255 g/mol. The Hall–Kier alpha value is -1.64. The van der Waals surface area contributed by atoms with Gasteiger partial charge in [-0.05, 0) is 28.8 Å². The normalized spacial score (nSPS) is 10.7. The van der Waals surface area contributed by atoms with Crippen LogP contribution in [0.3, 0.4) is 0 Å². The van der Waals surface area contributed by atoms with Crippen molar-refractivity contribution < 1.29 is 4.74 Å². The maximum absolute atomic E-state index is 5.45. The highest BCUT2D eigenvalue weighted by molar-refractivity contribution is 5.82. The van der Waals surface area contributed by atoms with Crippen molar-refractivity contribution in [2.75, 3.05) is 19.8 Å². The minimum absolute atomic E-state index is 0.751. The van der Waals surface area contributed by atoms with Gasteiger partial charge in [-0.3, -0.25) is 0 Å². The van der Waals surface area contributed by atoms with E-state index in [0.29, 0.717) is 0 Å². The van der Waals surface area contributed by atoms with E-state index in [9.17, 15) is 0 Å². The summed E-state index contributed by atoms with van der Waals surface area (Å²) in [5, 5.41) is 5.98. The van der Waals surface area contributed by atoms with Crippen LogP contribution >= 0.6 is 0 Å². The van der Waals surface area contributed by atoms with E-state index in [4.69, 9.17) is 4.74 Å². The molecule has 0 aliphatic rings. The second-order valence-corrected chi connectivity index (χ2v) is 4.55. The summed E-state index contributed by atoms with van der Waals surface area (Å²) in [5.41, 5.74) is 1.31. The lowest BCUT2D eigenvalue weighted by molar-refractivity contribution is 0.140. The number of hydrogen-bond acceptors (Lipinski definition) is 2. The van der Waals surface area contributed by atoms with Crippen molar-refractivity contribution in [3.63, 3.8) is 0 Å². The fourth-order valence-electron chi connectivity index (χ4n) is 1.99. The van der Waals surface area contributed by atoms with Gasteiger partial charge in [-0.15, -0.1) is 6.58 Å². The Bertz CT molecular complexity index is 521. The topological polar surface area (TPSA) is 21.3 Å². The van der Waals surface area contributed by atoms with Crippen LogP contribution in [0.1, 0.15) is 12.0 Å². The molecule has 2 rings (SSSR count). The van der Waals surface area contributed by atoms with Gasteiger partial charge in [0.25, 0.3) is 0 Å². The first-order valence-corrected chi connectivity index (χ1v) is 6.77. The van der Waals surface area contributed by atoms with Crippen LogP contribution in [0.15, 0.2) is 55.1 Å². The predicted molar refractivity (Wildman–Crippen MR) is 81.3 cm³/mol. The Morgan fingerprint density at radius 1 is 1.05 bits per heavy atom. The van der Waals surface area contributed by atoms with Crippen LogP contribution in [0.4, 0.5) is 0 Å². The SMILES string of the molecule is C=CCCOCCNCc1ccc2ccccc2c1. The van der Waals surface area contributed by atoms with E-state index in [1.165, 1.54) is 16.3 Å². The van der Waals surface area contributed by atoms with Crippen molar-refractivity contribution in [1.29, 1.82) is 0 Å². The summed E-state index contributed by atoms with van der Waals surface area (Å²) in [4.78, 5) is 0. The zero-order valence-electron chi connectivity index (χ0n) is 11.3. The largest absolute Gasteiger partial charge is 0.380 e. The van der Waals surface area contributed by atoms with Crippen molar-refractivity contribution >= 4 is 10.8 Å². The molecule has 2 nitrogen and oxygen atoms in total. The maximum atomic E-state index is 5.45. The van der Waals surface area contributed by atoms with Gasteiger partial charge in [-0.1, -0.05) is 42.5 Å². The summed E-state index contributed by atoms with van der Waals surface area (Å²) in [6.45, 7) is 6.94. The van der Waals surface area contributed by atoms with Crippen LogP contribution in [0, 0.1) is 0 Å². The number of benzene rings is 2. The van der Waals surface area contributed by atoms with Crippen molar-refractivity contribution in [3.05, 3.63) is 60.7 Å². The van der Waals surface area contributed by atoms with Gasteiger partial charge in [0.15, 0.2) is 0 Å². The van der Waals surface area contributed by atoms with Crippen molar-refractivity contribution in [2.24, 2.45) is 0 Å². The first kappa shape index (κ1) is 13.8. The van der Waals surface area contributed by atoms with Crippen LogP contribution in [0.25, 0.3) is 10.8 Å². The Morgan fingerprint density at radius 3 is 2.74 bits per heavy atom. The molecule has 19 heavy (non-hydrogen) atoms. The Morgan fingerprint density at radius 2 is 1.89 bits per heavy atom. The van der Waals surface area contributed by atoms with Crippen LogP contribution in [0.5, 0.6) is 0 Å². The molecular weight excluding hydrogens is 234 g/mol. The van der Waals surface area contributed by atoms with E-state index >= 15 is 0 Å². The summed E-state index contributed by atoms with van der Waals surface area (Å²) < 4.78 is 5.45. The van der Waals surface area contributed by atoms with Crippen molar-refractivity contribution in [1.82, 2.24) is 5.32 Å². The van der Waals surface area contributed by atoms with Gasteiger partial charge in [0.05, 0.1) is 13.2 Å². The van der Waals surface area contributed by atoms with E-state index in [1.807, 2.05) is 6.08 Å². The van der Waals surface area contributed by atoms with Gasteiger partial charge in [0.2, 0.25) is 0 Å². The second-order valence-electron chi connectivity index (χ2n) is 4.55. The molecule has 0 bridgehead atoms. The van der Waals surface area contributed by atoms with Crippen LogP contribution in [-0.4, -0.2) is 19.8 Å². The molecule has 2 heteroatoms. The van der Waals surface area contributed by atoms with E-state index in [-0.39, 0.29) is 0 Å². The number of ether oxygens (including phenoxy) is 1. The molecular formula is C17H21NO. The highest BCUT2D eigenvalue weighted by Gasteiger charge is 1.96. The third-order valence-electron chi connectivity index (χ3n) is 3.03. The first-order chi connectivity index (χ1) is 9.40. The zero-order valence-corrected chi connectivity index (χ0v) is 11.3. The molecule has 0 fully saturated rings. The quantitative estimate of drug-likeness (QED) is 0.575. The summed E-state index contributed by atoms with van der Waals surface area (Å²) in [7, 11) is 0. The molecule has 0 amide bonds. The third kappa shape index (κ3) is 4.51. The number of hydrogen-bond donors (Lipinski definition) is 1. The summed E-state index contributed by atoms with van der Waals surface area (Å²) >= 11 is 0. The lowest BCUT2D eigenvalue weighted by Gasteiger charge is -2.07. The minimum atomic E-state index is 0.751. The average Bonchev–Trinajstić information content (AvgIpc) is 2.46. The lowest BCUT2D eigenvalue weighted by Crippen LogP contribution is -2.19. The van der Waals surface area contributed by atoms with Gasteiger partial charge >= 0.3 is 0 Å². The van der Waals surface area contributed by atoms with Crippen LogP contribution < -0.4 is 5.32 Å². The van der Waals surface area contributed by atoms with Gasteiger partial charge in [-0.25, -0.2) is 0 Å². The van der Waals surface area contributed by atoms with Crippen LogP contribution in [0.2, 0.25) is 0 Å². The molecule has 1 N–H and O–H groups in total. The maximum Gasteiger partial charge on any atom is 0.0591 e. The molecule has 0 heterocycles. The van der Waals surface area contributed by atoms with Crippen molar-refractivity contribution in [2.45, 2.75) is 13.0 Å². The van der Waals surface area contributed by atoms with Crippen molar-refractivity contribution in [3.8, 4) is 0 Å². The Labute approximate surface area is 115 Å². The van der Waals surface area contributed by atoms with Gasteiger partial charge in [-0.2, -0.15) is 0 Å². The molecule has 0 radical (unpaired) electrons. The summed E-state index contributed by atoms with van der Waals surface area (Å²) in [6.07, 6.45) is 2.80. The van der Waals surface area contributed by atoms with E-state index in [2.05, 4.69) is 54.4 Å². The van der Waals surface area contributed by atoms with Crippen LogP contribution in [-0.2, 0) is 11.3 Å². The highest BCUT2D eigenvalue weighted by Crippen LogP contribution is 2.15. The molecule has 0 unspecified atom stereocenters. The zero-order chi connectivity index (χ0) is 13.3. The van der Waals surface area contributed by atoms with E-state index < -0.39 is 0 Å². The fourth-order valence-corrected chi connectivity index (χ4v) is 1.99. The number of fused-ring (bicyclic) bond motifs is 1. The van der Waals surface area contributed by atoms with E-state index in [1.54, 1.807) is 0 Å². The molecule has 0 saturated carbocycles. The lowest BCUT2D eigenvalue weighted by atomic mass is 10.1. The van der Waals surface area contributed by atoms with Gasteiger partial charge in [0, 0.05) is 13.1 Å². The third-order valence-corrected chi connectivity index (χ3v) is 3.03. The van der Waals surface area contributed by atoms with Gasteiger partial charge in [0.1, 0.15) is 0 Å². The molecule has 0 aromatic heterocycles. The Balaban J connectivity index is 1.74. The molecule has 0 aliphatic carbocycles. The first-order valence-electron chi connectivity index (χ1n) is 6.77.